The molecule has 4 aliphatic heterocycles. The minimum atomic E-state index is -2.14. The van der Waals surface area contributed by atoms with Crippen molar-refractivity contribution < 1.29 is 98.9 Å². The molecule has 20 heteroatoms. The molecule has 19 atom stereocenters. The Labute approximate surface area is 249 Å². The Hall–Kier alpha value is -1.25. The van der Waals surface area contributed by atoms with E-state index in [0.717, 1.165) is 7.11 Å². The number of rotatable bonds is 8. The Bertz CT molecular complexity index is 943. The third-order valence-electron chi connectivity index (χ3n) is 7.93. The van der Waals surface area contributed by atoms with Crippen molar-refractivity contribution >= 4 is 5.97 Å². The minimum Gasteiger partial charge on any atom is -0.467 e. The summed E-state index contributed by atoms with van der Waals surface area (Å²) < 4.78 is 43.2. The highest BCUT2D eigenvalue weighted by Crippen LogP contribution is 2.34. The number of carbonyl (C=O) groups is 1. The largest absolute Gasteiger partial charge is 0.467 e. The van der Waals surface area contributed by atoms with E-state index < -0.39 is 136 Å². The number of hydrogen-bond acceptors (Lipinski definition) is 20. The van der Waals surface area contributed by atoms with Gasteiger partial charge in [0.25, 0.3) is 0 Å². The van der Waals surface area contributed by atoms with E-state index in [4.69, 9.17) is 33.2 Å². The maximum Gasteiger partial charge on any atom is 0.337 e. The molecule has 0 bridgehead atoms. The van der Waals surface area contributed by atoms with Crippen LogP contribution >= 0.6 is 0 Å². The second kappa shape index (κ2) is 14.7. The summed E-state index contributed by atoms with van der Waals surface area (Å²) in [5, 5.41) is 113. The van der Waals surface area contributed by atoms with Gasteiger partial charge in [-0.1, -0.05) is 0 Å². The fourth-order valence-corrected chi connectivity index (χ4v) is 5.25. The average Bonchev–Trinajstić information content (AvgIpc) is 3.00. The number of ether oxygens (including phenoxy) is 8. The summed E-state index contributed by atoms with van der Waals surface area (Å²) in [4.78, 5) is 12.6. The molecular formula is C24H40O20. The molecule has 4 fully saturated rings. The predicted molar refractivity (Wildman–Crippen MR) is 131 cm³/mol. The number of methoxy groups -OCH3 is 1. The molecule has 0 unspecified atom stereocenters. The molecule has 0 aromatic rings. The summed E-state index contributed by atoms with van der Waals surface area (Å²) in [5.41, 5.74) is 0. The van der Waals surface area contributed by atoms with Crippen LogP contribution < -0.4 is 0 Å². The molecule has 0 amide bonds. The van der Waals surface area contributed by atoms with Crippen LogP contribution in [0.1, 0.15) is 6.92 Å². The normalized spacial score (nSPS) is 52.0. The Morgan fingerprint density at radius 3 is 1.91 bits per heavy atom. The first kappa shape index (κ1) is 35.6. The maximum atomic E-state index is 12.6. The smallest absolute Gasteiger partial charge is 0.337 e. The summed E-state index contributed by atoms with van der Waals surface area (Å²) in [6, 6.07) is 0. The topological polar surface area (TPSA) is 313 Å². The van der Waals surface area contributed by atoms with E-state index in [1.807, 2.05) is 0 Å². The third kappa shape index (κ3) is 7.02. The Balaban J connectivity index is 1.65. The van der Waals surface area contributed by atoms with Crippen molar-refractivity contribution in [2.45, 2.75) is 124 Å². The first-order chi connectivity index (χ1) is 20.7. The summed E-state index contributed by atoms with van der Waals surface area (Å²) >= 11 is 0. The van der Waals surface area contributed by atoms with Gasteiger partial charge in [0, 0.05) is 0 Å². The first-order valence-corrected chi connectivity index (χ1v) is 13.8. The van der Waals surface area contributed by atoms with Gasteiger partial charge in [-0.25, -0.2) is 4.79 Å². The molecule has 256 valence electrons. The lowest BCUT2D eigenvalue weighted by atomic mass is 9.95. The van der Waals surface area contributed by atoms with Gasteiger partial charge in [0.1, 0.15) is 79.4 Å². The molecule has 4 rings (SSSR count). The van der Waals surface area contributed by atoms with Crippen LogP contribution in [0.3, 0.4) is 0 Å². The van der Waals surface area contributed by atoms with Gasteiger partial charge in [0.05, 0.1) is 26.4 Å². The van der Waals surface area contributed by atoms with Crippen molar-refractivity contribution in [2.75, 3.05) is 20.3 Å². The van der Waals surface area contributed by atoms with E-state index in [1.54, 1.807) is 0 Å². The second-order valence-electron chi connectivity index (χ2n) is 10.9. The van der Waals surface area contributed by atoms with Crippen LogP contribution in [0.2, 0.25) is 0 Å². The van der Waals surface area contributed by atoms with Crippen LogP contribution in [0, 0.1) is 0 Å². The van der Waals surface area contributed by atoms with Crippen LogP contribution in [-0.2, 0) is 42.7 Å². The molecular weight excluding hydrogens is 608 g/mol. The lowest BCUT2D eigenvalue weighted by Gasteiger charge is -2.49. The highest BCUT2D eigenvalue weighted by molar-refractivity contribution is 5.75. The molecule has 44 heavy (non-hydrogen) atoms. The fraction of sp³-hybridized carbons (Fsp3) is 0.958. The quantitative estimate of drug-likeness (QED) is 0.109. The van der Waals surface area contributed by atoms with Gasteiger partial charge in [-0.15, -0.1) is 0 Å². The summed E-state index contributed by atoms with van der Waals surface area (Å²) in [5.74, 6) is -1.17. The average molecular weight is 649 g/mol. The SMILES string of the molecule is COC(=O)[C@H]1O[C@@H](O)[C@H](O)[C@@H](O[C@@H]2O[C@H](CO)[C@@H](O)[C@H](O)[C@H]2O[C@@H]2O[C@@H](C)[C@H](O)[C@@H](O)[C@H]2O)[C@@H]1O[C@@H]1OC[C@@H](O)[C@H](O)[C@H]1O. The molecule has 4 saturated heterocycles. The van der Waals surface area contributed by atoms with Gasteiger partial charge in [0.2, 0.25) is 0 Å². The van der Waals surface area contributed by atoms with E-state index in [0.29, 0.717) is 0 Å². The van der Waals surface area contributed by atoms with Crippen molar-refractivity contribution in [2.24, 2.45) is 0 Å². The standard InChI is InChI=1S/C24H40O20/c1-5-8(27)11(30)14(33)23(39-5)43-17-12(31)10(29)7(3-25)40-24(17)42-16-15(34)20(35)41-19(21(36)37-2)18(16)44-22-13(32)9(28)6(26)4-38-22/h5-20,22-35H,3-4H2,1-2H3/t5-,6+,7+,8-,9-,10+,11+,12-,13+,14+,15+,16+,17+,18-,19-,20+,22-,23-,24-/m0/s1. The zero-order valence-corrected chi connectivity index (χ0v) is 23.5. The van der Waals surface area contributed by atoms with Crippen LogP contribution in [0.25, 0.3) is 0 Å². The lowest BCUT2D eigenvalue weighted by molar-refractivity contribution is -0.394. The van der Waals surface area contributed by atoms with Crippen molar-refractivity contribution in [1.29, 1.82) is 0 Å². The Morgan fingerprint density at radius 2 is 1.27 bits per heavy atom. The molecule has 0 aliphatic carbocycles. The van der Waals surface area contributed by atoms with E-state index in [2.05, 4.69) is 4.74 Å². The van der Waals surface area contributed by atoms with Crippen LogP contribution in [0.5, 0.6) is 0 Å². The third-order valence-corrected chi connectivity index (χ3v) is 7.93. The molecule has 0 saturated carbocycles. The molecule has 20 nitrogen and oxygen atoms in total. The second-order valence-corrected chi connectivity index (χ2v) is 10.9. The zero-order chi connectivity index (χ0) is 32.6. The number of aliphatic hydroxyl groups excluding tert-OH is 11. The van der Waals surface area contributed by atoms with Crippen LogP contribution in [0.4, 0.5) is 0 Å². The number of hydrogen-bond donors (Lipinski definition) is 11. The van der Waals surface area contributed by atoms with E-state index in [1.165, 1.54) is 6.92 Å². The number of aliphatic hydroxyl groups is 11. The molecule has 4 aliphatic rings. The molecule has 0 aromatic carbocycles. The zero-order valence-electron chi connectivity index (χ0n) is 23.5. The molecule has 0 radical (unpaired) electrons. The summed E-state index contributed by atoms with van der Waals surface area (Å²) in [6.07, 6.45) is -33.9. The minimum absolute atomic E-state index is 0.525. The molecule has 0 aromatic heterocycles. The van der Waals surface area contributed by atoms with E-state index >= 15 is 0 Å². The van der Waals surface area contributed by atoms with Gasteiger partial charge in [0.15, 0.2) is 31.3 Å². The van der Waals surface area contributed by atoms with Crippen molar-refractivity contribution in [3.63, 3.8) is 0 Å². The van der Waals surface area contributed by atoms with Crippen molar-refractivity contribution in [1.82, 2.24) is 0 Å². The first-order valence-electron chi connectivity index (χ1n) is 13.8. The Kier molecular flexibility index (Phi) is 11.9. The van der Waals surface area contributed by atoms with Gasteiger partial charge < -0.3 is 94.1 Å². The van der Waals surface area contributed by atoms with E-state index in [9.17, 15) is 61.0 Å². The number of carbonyl (C=O) groups excluding carboxylic acids is 1. The molecule has 0 spiro atoms. The van der Waals surface area contributed by atoms with Gasteiger partial charge in [-0.05, 0) is 6.92 Å². The van der Waals surface area contributed by atoms with Crippen LogP contribution in [-0.4, -0.2) is 199 Å². The Morgan fingerprint density at radius 1 is 0.659 bits per heavy atom. The number of esters is 1. The van der Waals surface area contributed by atoms with Crippen molar-refractivity contribution in [3.8, 4) is 0 Å². The molecule has 4 heterocycles. The maximum absolute atomic E-state index is 12.6. The monoisotopic (exact) mass is 648 g/mol. The van der Waals surface area contributed by atoms with Gasteiger partial charge in [-0.2, -0.15) is 0 Å². The highest BCUT2D eigenvalue weighted by atomic mass is 16.8. The molecule has 11 N–H and O–H groups in total. The van der Waals surface area contributed by atoms with Crippen LogP contribution in [0.15, 0.2) is 0 Å². The summed E-state index contributed by atoms with van der Waals surface area (Å²) in [6.45, 7) is -0.0507. The summed E-state index contributed by atoms with van der Waals surface area (Å²) in [7, 11) is 0.960. The van der Waals surface area contributed by atoms with Gasteiger partial charge >= 0.3 is 5.97 Å². The van der Waals surface area contributed by atoms with Crippen molar-refractivity contribution in [3.05, 3.63) is 0 Å². The van der Waals surface area contributed by atoms with Gasteiger partial charge in [-0.3, -0.25) is 0 Å². The predicted octanol–water partition coefficient (Wildman–Crippen LogP) is -7.90. The lowest BCUT2D eigenvalue weighted by Crippen LogP contribution is -2.68. The van der Waals surface area contributed by atoms with E-state index in [-0.39, 0.29) is 0 Å². The highest BCUT2D eigenvalue weighted by Gasteiger charge is 2.56. The fourth-order valence-electron chi connectivity index (χ4n) is 5.25.